The molecular weight excluding hydrogens is 352 g/mol. The summed E-state index contributed by atoms with van der Waals surface area (Å²) in [6.07, 6.45) is 6.45. The van der Waals surface area contributed by atoms with Gasteiger partial charge in [-0.25, -0.2) is 0 Å². The number of esters is 2. The molecule has 2 atom stereocenters. The average molecular weight is 378 g/mol. The SMILES string of the molecule is CCCCC(=O)OC1=CC(C)(OC)C=C(OC)C1(OC(C)=O)c1ccco1. The Bertz CT molecular complexity index is 732. The lowest BCUT2D eigenvalue weighted by molar-refractivity contribution is -0.166. The maximum atomic E-state index is 12.4. The normalized spacial score (nSPS) is 24.6. The van der Waals surface area contributed by atoms with Gasteiger partial charge in [0, 0.05) is 20.5 Å². The van der Waals surface area contributed by atoms with E-state index in [-0.39, 0.29) is 23.7 Å². The molecule has 0 fully saturated rings. The molecule has 0 aromatic carbocycles. The second-order valence-corrected chi connectivity index (χ2v) is 6.44. The third-order valence-corrected chi connectivity index (χ3v) is 4.31. The van der Waals surface area contributed by atoms with Crippen LogP contribution in [0.5, 0.6) is 0 Å². The number of methoxy groups -OCH3 is 2. The molecule has 0 aliphatic heterocycles. The van der Waals surface area contributed by atoms with Crippen LogP contribution in [0.25, 0.3) is 0 Å². The largest absolute Gasteiger partial charge is 0.496 e. The molecule has 0 amide bonds. The third kappa shape index (κ3) is 4.24. The van der Waals surface area contributed by atoms with Crippen LogP contribution in [-0.4, -0.2) is 31.8 Å². The molecule has 1 aliphatic carbocycles. The highest BCUT2D eigenvalue weighted by molar-refractivity contribution is 5.72. The van der Waals surface area contributed by atoms with Gasteiger partial charge in [-0.15, -0.1) is 0 Å². The van der Waals surface area contributed by atoms with Crippen molar-refractivity contribution in [2.75, 3.05) is 14.2 Å². The van der Waals surface area contributed by atoms with Gasteiger partial charge >= 0.3 is 11.9 Å². The van der Waals surface area contributed by atoms with E-state index < -0.39 is 23.1 Å². The monoisotopic (exact) mass is 378 g/mol. The molecule has 0 saturated carbocycles. The lowest BCUT2D eigenvalue weighted by Crippen LogP contribution is -2.44. The van der Waals surface area contributed by atoms with Crippen LogP contribution in [0.4, 0.5) is 0 Å². The molecule has 0 spiro atoms. The van der Waals surface area contributed by atoms with E-state index in [0.29, 0.717) is 6.42 Å². The van der Waals surface area contributed by atoms with Crippen molar-refractivity contribution in [1.29, 1.82) is 0 Å². The van der Waals surface area contributed by atoms with E-state index in [1.165, 1.54) is 27.4 Å². The molecule has 7 heteroatoms. The van der Waals surface area contributed by atoms with Crippen LogP contribution in [0.2, 0.25) is 0 Å². The minimum Gasteiger partial charge on any atom is -0.496 e. The van der Waals surface area contributed by atoms with Gasteiger partial charge < -0.3 is 23.4 Å². The van der Waals surface area contributed by atoms with Crippen molar-refractivity contribution >= 4 is 11.9 Å². The topological polar surface area (TPSA) is 84.2 Å². The number of unbranched alkanes of at least 4 members (excludes halogenated alkanes) is 1. The van der Waals surface area contributed by atoms with Crippen LogP contribution >= 0.6 is 0 Å². The molecule has 148 valence electrons. The first-order valence-corrected chi connectivity index (χ1v) is 8.81. The zero-order valence-corrected chi connectivity index (χ0v) is 16.4. The Hall–Kier alpha value is -2.54. The average Bonchev–Trinajstić information content (AvgIpc) is 3.16. The highest BCUT2D eigenvalue weighted by Gasteiger charge is 2.54. The Morgan fingerprint density at radius 3 is 2.41 bits per heavy atom. The van der Waals surface area contributed by atoms with E-state index in [4.69, 9.17) is 23.4 Å². The Morgan fingerprint density at radius 2 is 1.89 bits per heavy atom. The Labute approximate surface area is 158 Å². The van der Waals surface area contributed by atoms with Gasteiger partial charge in [-0.05, 0) is 37.6 Å². The van der Waals surface area contributed by atoms with Crippen molar-refractivity contribution in [2.45, 2.75) is 51.2 Å². The fourth-order valence-corrected chi connectivity index (χ4v) is 2.89. The summed E-state index contributed by atoms with van der Waals surface area (Å²) in [5, 5.41) is 0. The summed E-state index contributed by atoms with van der Waals surface area (Å²) in [4.78, 5) is 24.3. The first kappa shape index (κ1) is 20.8. The summed E-state index contributed by atoms with van der Waals surface area (Å²) in [6, 6.07) is 3.27. The van der Waals surface area contributed by atoms with Gasteiger partial charge in [0.15, 0.2) is 17.3 Å². The molecule has 7 nitrogen and oxygen atoms in total. The second kappa shape index (κ2) is 8.43. The molecule has 2 rings (SSSR count). The van der Waals surface area contributed by atoms with Gasteiger partial charge in [-0.1, -0.05) is 13.3 Å². The van der Waals surface area contributed by atoms with E-state index in [9.17, 15) is 9.59 Å². The van der Waals surface area contributed by atoms with Crippen LogP contribution in [0.3, 0.4) is 0 Å². The van der Waals surface area contributed by atoms with Gasteiger partial charge in [-0.3, -0.25) is 9.59 Å². The highest BCUT2D eigenvalue weighted by Crippen LogP contribution is 2.47. The Kier molecular flexibility index (Phi) is 6.49. The van der Waals surface area contributed by atoms with Gasteiger partial charge in [0.1, 0.15) is 5.60 Å². The number of carbonyl (C=O) groups excluding carboxylic acids is 2. The molecule has 1 aliphatic rings. The van der Waals surface area contributed by atoms with Gasteiger partial charge in [0.05, 0.1) is 13.4 Å². The first-order valence-electron chi connectivity index (χ1n) is 8.81. The van der Waals surface area contributed by atoms with Crippen molar-refractivity contribution in [3.63, 3.8) is 0 Å². The van der Waals surface area contributed by atoms with Crippen molar-refractivity contribution in [1.82, 2.24) is 0 Å². The molecule has 1 aromatic heterocycles. The first-order chi connectivity index (χ1) is 12.8. The summed E-state index contributed by atoms with van der Waals surface area (Å²) in [5.41, 5.74) is -2.58. The van der Waals surface area contributed by atoms with Gasteiger partial charge in [-0.2, -0.15) is 0 Å². The summed E-state index contributed by atoms with van der Waals surface area (Å²) in [5.74, 6) is -0.499. The number of ether oxygens (including phenoxy) is 4. The second-order valence-electron chi connectivity index (χ2n) is 6.44. The van der Waals surface area contributed by atoms with Crippen molar-refractivity contribution in [2.24, 2.45) is 0 Å². The fraction of sp³-hybridized carbons (Fsp3) is 0.500. The van der Waals surface area contributed by atoms with E-state index >= 15 is 0 Å². The number of rotatable bonds is 8. The quantitative estimate of drug-likeness (QED) is 0.639. The third-order valence-electron chi connectivity index (χ3n) is 4.31. The lowest BCUT2D eigenvalue weighted by Gasteiger charge is -2.39. The zero-order chi connectivity index (χ0) is 20.1. The molecule has 27 heavy (non-hydrogen) atoms. The lowest BCUT2D eigenvalue weighted by atomic mass is 9.84. The number of hydrogen-bond donors (Lipinski definition) is 0. The van der Waals surface area contributed by atoms with E-state index in [1.54, 1.807) is 31.2 Å². The summed E-state index contributed by atoms with van der Waals surface area (Å²) >= 11 is 0. The van der Waals surface area contributed by atoms with Crippen LogP contribution in [-0.2, 0) is 34.1 Å². The van der Waals surface area contributed by atoms with Crippen molar-refractivity contribution in [3.05, 3.63) is 47.8 Å². The maximum absolute atomic E-state index is 12.4. The van der Waals surface area contributed by atoms with E-state index in [2.05, 4.69) is 0 Å². The van der Waals surface area contributed by atoms with E-state index in [1.807, 2.05) is 6.92 Å². The van der Waals surface area contributed by atoms with Crippen molar-refractivity contribution < 1.29 is 33.0 Å². The maximum Gasteiger partial charge on any atom is 0.311 e. The zero-order valence-electron chi connectivity index (χ0n) is 16.4. The number of hydrogen-bond acceptors (Lipinski definition) is 7. The molecule has 0 N–H and O–H groups in total. The van der Waals surface area contributed by atoms with Crippen LogP contribution in [0, 0.1) is 0 Å². The molecule has 0 radical (unpaired) electrons. The molecule has 1 aromatic rings. The Morgan fingerprint density at radius 1 is 1.19 bits per heavy atom. The fourth-order valence-electron chi connectivity index (χ4n) is 2.89. The predicted octanol–water partition coefficient (Wildman–Crippen LogP) is 3.60. The predicted molar refractivity (Wildman–Crippen MR) is 96.4 cm³/mol. The molecule has 0 bridgehead atoms. The van der Waals surface area contributed by atoms with Crippen LogP contribution < -0.4 is 0 Å². The summed E-state index contributed by atoms with van der Waals surface area (Å²) in [7, 11) is 2.95. The molecule has 1 heterocycles. The molecular formula is C20H26O7. The number of carbonyl (C=O) groups is 2. The smallest absolute Gasteiger partial charge is 0.311 e. The summed E-state index contributed by atoms with van der Waals surface area (Å²) in [6.45, 7) is 5.01. The molecule has 0 saturated heterocycles. The van der Waals surface area contributed by atoms with Gasteiger partial charge in [0.25, 0.3) is 5.60 Å². The number of furan rings is 1. The standard InChI is InChI=1S/C20H26O7/c1-6-7-10-18(22)26-17-13-19(3,24-5)12-16(23-4)20(17,27-14(2)21)15-9-8-11-25-15/h8-9,11-13H,6-7,10H2,1-5H3. The van der Waals surface area contributed by atoms with Crippen LogP contribution in [0.15, 0.2) is 46.5 Å². The van der Waals surface area contributed by atoms with Crippen molar-refractivity contribution in [3.8, 4) is 0 Å². The minimum atomic E-state index is -1.65. The van der Waals surface area contributed by atoms with Gasteiger partial charge in [0.2, 0.25) is 0 Å². The highest BCUT2D eigenvalue weighted by atomic mass is 16.6. The van der Waals surface area contributed by atoms with E-state index in [0.717, 1.165) is 6.42 Å². The minimum absolute atomic E-state index is 0.0671. The summed E-state index contributed by atoms with van der Waals surface area (Å²) < 4.78 is 27.9. The van der Waals surface area contributed by atoms with Crippen LogP contribution in [0.1, 0.15) is 45.8 Å². The Balaban J connectivity index is 2.62. The molecule has 2 unspecified atom stereocenters.